The van der Waals surface area contributed by atoms with Crippen molar-refractivity contribution in [2.24, 2.45) is 0 Å². The smallest absolute Gasteiger partial charge is 1.00 e. The van der Waals surface area contributed by atoms with Gasteiger partial charge in [0.15, 0.2) is 0 Å². The number of aryl methyl sites for hydroxylation is 3. The van der Waals surface area contributed by atoms with Crippen molar-refractivity contribution in [2.75, 3.05) is 0 Å². The maximum atomic E-state index is 2.52. The molecule has 0 amide bonds. The number of aromatic nitrogens is 1. The summed E-state index contributed by atoms with van der Waals surface area (Å²) in [6.45, 7) is 14.0. The number of benzene rings is 3. The maximum Gasteiger partial charge on any atom is 3.00 e. The zero-order valence-corrected chi connectivity index (χ0v) is 29.8. The second-order valence-electron chi connectivity index (χ2n) is 11.8. The first-order chi connectivity index (χ1) is 18.3. The number of halogens is 2. The van der Waals surface area contributed by atoms with E-state index in [-0.39, 0.29) is 51.0 Å². The minimum absolute atomic E-state index is 0. The fraction of sp³-hybridized carbons (Fsp3) is 0.250. The Bertz CT molecular complexity index is 1680. The van der Waals surface area contributed by atoms with Gasteiger partial charge in [0.1, 0.15) is 0 Å². The Balaban J connectivity index is 0.000000210. The van der Waals surface area contributed by atoms with Gasteiger partial charge in [-0.3, -0.25) is 0 Å². The number of para-hydroxylation sites is 1. The number of nitrogens with zero attached hydrogens (tertiary/aromatic N) is 1. The fourth-order valence-corrected chi connectivity index (χ4v) is 11.5. The van der Waals surface area contributed by atoms with E-state index >= 15 is 0 Å². The average Bonchev–Trinajstić information content (AvgIpc) is 3.58. The Morgan fingerprint density at radius 1 is 0.805 bits per heavy atom. The molecule has 209 valence electrons. The van der Waals surface area contributed by atoms with Gasteiger partial charge in [0.25, 0.3) is 0 Å². The molecule has 4 aromatic carbocycles. The minimum Gasteiger partial charge on any atom is -1.00 e. The number of hydrogen-bond acceptors (Lipinski definition) is 0. The Morgan fingerprint density at radius 3 is 2.12 bits per heavy atom. The molecule has 5 heteroatoms. The van der Waals surface area contributed by atoms with Crippen LogP contribution in [0.3, 0.4) is 0 Å². The van der Waals surface area contributed by atoms with E-state index in [9.17, 15) is 0 Å². The molecule has 0 fully saturated rings. The standard InChI is InChI=1S/C19H19.C17H19NSi.2ClH.Zr/c1-3-5-15-8-10-16(11-9-15)18-7-4-6-17-12-14(2)13-19(17)18;1-11-10-14-15(17-12(2)16(14)19(17,3)4)18(11)13-8-6-5-7-9-13;;;/h4,6-13H,3,5H2,1-2H3;5-10,17H,1-4H3;2*1H;/q-1;;;;+3/p-2. The molecule has 0 saturated heterocycles. The van der Waals surface area contributed by atoms with Crippen molar-refractivity contribution >= 4 is 24.0 Å². The van der Waals surface area contributed by atoms with Crippen LogP contribution >= 0.6 is 0 Å². The second-order valence-corrected chi connectivity index (χ2v) is 16.3. The molecule has 5 aromatic rings. The third-order valence-electron chi connectivity index (χ3n) is 8.67. The summed E-state index contributed by atoms with van der Waals surface area (Å²) in [5.41, 5.74) is 13.6. The first-order valence-electron chi connectivity index (χ1n) is 14.1. The van der Waals surface area contributed by atoms with Gasteiger partial charge < -0.3 is 29.4 Å². The molecule has 1 nitrogen and oxygen atoms in total. The van der Waals surface area contributed by atoms with Crippen LogP contribution < -0.4 is 24.8 Å². The van der Waals surface area contributed by atoms with Crippen LogP contribution in [0.2, 0.25) is 13.1 Å². The molecule has 1 aromatic heterocycles. The van der Waals surface area contributed by atoms with Gasteiger partial charge in [-0.1, -0.05) is 98.2 Å². The van der Waals surface area contributed by atoms with Gasteiger partial charge in [0, 0.05) is 22.6 Å². The summed E-state index contributed by atoms with van der Waals surface area (Å²) in [5, 5.41) is 4.43. The summed E-state index contributed by atoms with van der Waals surface area (Å²) in [6.07, 6.45) is 2.37. The van der Waals surface area contributed by atoms with Crippen LogP contribution in [0.15, 0.2) is 96.6 Å². The normalized spacial score (nSPS) is 15.5. The molecule has 0 N–H and O–H groups in total. The first kappa shape index (κ1) is 33.5. The third-order valence-corrected chi connectivity index (χ3v) is 12.8. The largest absolute Gasteiger partial charge is 3.00 e. The first-order valence-corrected chi connectivity index (χ1v) is 17.1. The van der Waals surface area contributed by atoms with E-state index in [0.29, 0.717) is 0 Å². The summed E-state index contributed by atoms with van der Waals surface area (Å²) < 4.78 is 2.48. The van der Waals surface area contributed by atoms with E-state index in [0.717, 1.165) is 5.54 Å². The second kappa shape index (κ2) is 13.1. The SMILES string of the molecule is CC1=C2c3cc(C)n(-c4ccccc4)c3C1[Si]2(C)C.CCCc1ccc(-c2cccc3[cH-]c(C)cc23)cc1.[Cl-].[Cl-].[Zr+3]. The van der Waals surface area contributed by atoms with Gasteiger partial charge in [-0.15, -0.1) is 34.5 Å². The third kappa shape index (κ3) is 5.68. The molecule has 3 heterocycles. The van der Waals surface area contributed by atoms with E-state index in [1.165, 1.54) is 57.2 Å². The molecular formula is C36H38Cl2NSiZr. The maximum absolute atomic E-state index is 2.52. The number of fused-ring (bicyclic) bond motifs is 1. The molecule has 1 radical (unpaired) electrons. The molecule has 1 aliphatic carbocycles. The van der Waals surface area contributed by atoms with Crippen molar-refractivity contribution in [3.05, 3.63) is 125 Å². The van der Waals surface area contributed by atoms with Crippen LogP contribution in [0.5, 0.6) is 0 Å². The van der Waals surface area contributed by atoms with Crippen LogP contribution in [0, 0.1) is 13.8 Å². The minimum atomic E-state index is -1.19. The summed E-state index contributed by atoms with van der Waals surface area (Å²) in [4.78, 5) is 0. The molecule has 8 rings (SSSR count). The molecule has 2 aliphatic heterocycles. The number of allylic oxidation sites excluding steroid dienone is 1. The van der Waals surface area contributed by atoms with Crippen molar-refractivity contribution in [3.8, 4) is 16.8 Å². The van der Waals surface area contributed by atoms with Crippen molar-refractivity contribution in [1.82, 2.24) is 4.57 Å². The van der Waals surface area contributed by atoms with Crippen LogP contribution in [-0.2, 0) is 32.6 Å². The van der Waals surface area contributed by atoms with Crippen molar-refractivity contribution in [1.29, 1.82) is 0 Å². The predicted octanol–water partition coefficient (Wildman–Crippen LogP) is 3.95. The van der Waals surface area contributed by atoms with Gasteiger partial charge >= 0.3 is 26.2 Å². The summed E-state index contributed by atoms with van der Waals surface area (Å²) >= 11 is 0. The Labute approximate surface area is 278 Å². The van der Waals surface area contributed by atoms with Crippen molar-refractivity contribution < 1.29 is 51.0 Å². The fourth-order valence-electron chi connectivity index (χ4n) is 7.21. The van der Waals surface area contributed by atoms with Gasteiger partial charge in [-0.2, -0.15) is 6.07 Å². The van der Waals surface area contributed by atoms with Gasteiger partial charge in [0.05, 0.1) is 8.07 Å². The Hall–Kier alpha value is -2.03. The number of rotatable bonds is 4. The van der Waals surface area contributed by atoms with Crippen LogP contribution in [0.1, 0.15) is 53.9 Å². The van der Waals surface area contributed by atoms with Crippen LogP contribution in [-0.4, -0.2) is 12.6 Å². The average molecular weight is 675 g/mol. The molecule has 41 heavy (non-hydrogen) atoms. The molecule has 3 aliphatic rings. The van der Waals surface area contributed by atoms with Crippen molar-refractivity contribution in [3.63, 3.8) is 0 Å². The number of hydrogen-bond donors (Lipinski definition) is 0. The van der Waals surface area contributed by atoms with E-state index in [1.807, 2.05) is 0 Å². The topological polar surface area (TPSA) is 4.93 Å². The van der Waals surface area contributed by atoms with Crippen molar-refractivity contribution in [2.45, 2.75) is 59.2 Å². The summed E-state index contributed by atoms with van der Waals surface area (Å²) in [5.74, 6) is 0. The zero-order valence-electron chi connectivity index (χ0n) is 24.9. The monoisotopic (exact) mass is 672 g/mol. The zero-order chi connectivity index (χ0) is 26.6. The Kier molecular flexibility index (Phi) is 10.7. The molecule has 2 bridgehead atoms. The van der Waals surface area contributed by atoms with E-state index in [4.69, 9.17) is 0 Å². The van der Waals surface area contributed by atoms with E-state index in [1.54, 1.807) is 22.0 Å². The summed E-state index contributed by atoms with van der Waals surface area (Å²) in [6, 6.07) is 33.3. The Morgan fingerprint density at radius 2 is 1.49 bits per heavy atom. The molecule has 1 unspecified atom stereocenters. The van der Waals surface area contributed by atoms with E-state index < -0.39 is 8.07 Å². The van der Waals surface area contributed by atoms with Crippen LogP contribution in [0.25, 0.3) is 32.8 Å². The molecular weight excluding hydrogens is 637 g/mol. The molecule has 0 saturated carbocycles. The van der Waals surface area contributed by atoms with Crippen LogP contribution in [0.4, 0.5) is 0 Å². The molecule has 1 atom stereocenters. The van der Waals surface area contributed by atoms with Gasteiger partial charge in [0.2, 0.25) is 0 Å². The summed E-state index contributed by atoms with van der Waals surface area (Å²) in [7, 11) is -1.19. The predicted molar refractivity (Wildman–Crippen MR) is 167 cm³/mol. The van der Waals surface area contributed by atoms with Gasteiger partial charge in [-0.25, -0.2) is 0 Å². The molecule has 0 spiro atoms. The van der Waals surface area contributed by atoms with Gasteiger partial charge in [-0.05, 0) is 55.2 Å². The van der Waals surface area contributed by atoms with E-state index in [2.05, 4.69) is 136 Å². The quantitative estimate of drug-likeness (QED) is 0.201.